The molecule has 494 valence electrons. The lowest BCUT2D eigenvalue weighted by molar-refractivity contribution is 0.463. The van der Waals surface area contributed by atoms with Crippen LogP contribution in [0.4, 0.5) is 51.2 Å². The largest absolute Gasteiger partial charge is 0.458 e. The Kier molecular flexibility index (Phi) is 13.3. The maximum absolute atomic E-state index is 7.30. The number of hydrogen-bond acceptors (Lipinski definition) is 6. The molecule has 0 bridgehead atoms. The molecule has 22 rings (SSSR count). The summed E-state index contributed by atoms with van der Waals surface area (Å²) in [5.41, 5.74) is 29.5. The molecule has 106 heavy (non-hydrogen) atoms. The van der Waals surface area contributed by atoms with Gasteiger partial charge in [-0.15, -0.1) is 0 Å². The number of nitrogens with zero attached hydrogens (tertiary/aromatic N) is 3. The van der Waals surface area contributed by atoms with E-state index in [1.165, 1.54) is 88.6 Å². The SMILES string of the molecule is c1ccc(Oc2cc3c4c(c2)N(c2ccc5c(c2)-c2ccccc2C5(c2ccccc2)c2ccccc2)c2cc5c(cc2B4c2ccccc2O3)B2c3ccccc3N(c3ccccc3)c3cc(Oc4ccccc4)cc(c32)N5c2ccc3c(c2)-c2ccccc2C3(c2ccccc2)c2ccccc2)cc1. The fourth-order valence-electron chi connectivity index (χ4n) is 19.0. The van der Waals surface area contributed by atoms with E-state index in [1.807, 2.05) is 60.7 Å². The highest BCUT2D eigenvalue weighted by atomic mass is 16.5. The highest BCUT2D eigenvalue weighted by molar-refractivity contribution is 7.02. The third-order valence-corrected chi connectivity index (χ3v) is 23.1. The van der Waals surface area contributed by atoms with Crippen LogP contribution < -0.4 is 61.7 Å². The van der Waals surface area contributed by atoms with Crippen molar-refractivity contribution < 1.29 is 14.2 Å². The van der Waals surface area contributed by atoms with Crippen molar-refractivity contribution in [3.05, 3.63) is 427 Å². The zero-order valence-electron chi connectivity index (χ0n) is 57.6. The van der Waals surface area contributed by atoms with Gasteiger partial charge in [0.15, 0.2) is 0 Å². The summed E-state index contributed by atoms with van der Waals surface area (Å²) in [7, 11) is 0. The molecule has 0 N–H and O–H groups in total. The van der Waals surface area contributed by atoms with E-state index in [-0.39, 0.29) is 13.4 Å². The van der Waals surface area contributed by atoms with Gasteiger partial charge in [0.05, 0.1) is 10.8 Å². The molecule has 4 aliphatic heterocycles. The Morgan fingerprint density at radius 3 is 1.10 bits per heavy atom. The number of hydrogen-bond donors (Lipinski definition) is 0. The van der Waals surface area contributed by atoms with Crippen LogP contribution in [0.3, 0.4) is 0 Å². The lowest BCUT2D eigenvalue weighted by Gasteiger charge is -2.46. The molecule has 0 amide bonds. The van der Waals surface area contributed by atoms with Crippen LogP contribution in [0.5, 0.6) is 34.5 Å². The number of rotatable bonds is 11. The molecule has 0 unspecified atom stereocenters. The molecule has 6 aliphatic rings. The number of benzene rings is 16. The lowest BCUT2D eigenvalue weighted by Crippen LogP contribution is -2.64. The molecule has 0 saturated heterocycles. The van der Waals surface area contributed by atoms with Crippen LogP contribution >= 0.6 is 0 Å². The predicted octanol–water partition coefficient (Wildman–Crippen LogP) is 20.5. The van der Waals surface area contributed by atoms with Crippen LogP contribution in [0.2, 0.25) is 0 Å². The van der Waals surface area contributed by atoms with Gasteiger partial charge in [0.1, 0.15) is 34.5 Å². The molecule has 8 heteroatoms. The summed E-state index contributed by atoms with van der Waals surface area (Å²) in [5.74, 6) is 4.43. The molecular weight excluding hydrogens is 1290 g/mol. The number of anilines is 9. The molecule has 6 nitrogen and oxygen atoms in total. The molecular formula is C98H63B2N3O3. The Morgan fingerprint density at radius 2 is 0.604 bits per heavy atom. The van der Waals surface area contributed by atoms with Gasteiger partial charge in [-0.1, -0.05) is 279 Å². The van der Waals surface area contributed by atoms with E-state index in [2.05, 4.69) is 336 Å². The predicted molar refractivity (Wildman–Crippen MR) is 434 cm³/mol. The first-order valence-electron chi connectivity index (χ1n) is 36.6. The Hall–Kier alpha value is -13.6. The molecule has 0 spiro atoms. The van der Waals surface area contributed by atoms with Gasteiger partial charge >= 0.3 is 0 Å². The zero-order chi connectivity index (χ0) is 69.6. The van der Waals surface area contributed by atoms with Crippen molar-refractivity contribution in [3.8, 4) is 56.8 Å². The monoisotopic (exact) mass is 1350 g/mol. The van der Waals surface area contributed by atoms with E-state index in [1.54, 1.807) is 0 Å². The van der Waals surface area contributed by atoms with Crippen molar-refractivity contribution in [2.75, 3.05) is 14.7 Å². The topological polar surface area (TPSA) is 37.4 Å². The Labute approximate surface area is 616 Å². The van der Waals surface area contributed by atoms with Crippen molar-refractivity contribution in [2.24, 2.45) is 0 Å². The third-order valence-electron chi connectivity index (χ3n) is 23.1. The Morgan fingerprint density at radius 1 is 0.226 bits per heavy atom. The van der Waals surface area contributed by atoms with Gasteiger partial charge in [0.25, 0.3) is 13.4 Å². The minimum absolute atomic E-state index is 0.255. The molecule has 16 aromatic carbocycles. The Bertz CT molecular complexity index is 6140. The van der Waals surface area contributed by atoms with Crippen molar-refractivity contribution in [1.82, 2.24) is 0 Å². The van der Waals surface area contributed by atoms with Gasteiger partial charge in [-0.25, -0.2) is 0 Å². The summed E-state index contributed by atoms with van der Waals surface area (Å²) in [6.07, 6.45) is 0. The molecule has 0 saturated carbocycles. The van der Waals surface area contributed by atoms with Gasteiger partial charge in [-0.2, -0.15) is 0 Å². The van der Waals surface area contributed by atoms with Crippen molar-refractivity contribution >= 4 is 97.4 Å². The molecule has 0 radical (unpaired) electrons. The van der Waals surface area contributed by atoms with E-state index in [9.17, 15) is 0 Å². The van der Waals surface area contributed by atoms with Gasteiger partial charge in [0.2, 0.25) is 0 Å². The summed E-state index contributed by atoms with van der Waals surface area (Å²) in [6.45, 7) is -0.526. The summed E-state index contributed by atoms with van der Waals surface area (Å²) < 4.78 is 21.6. The number of para-hydroxylation sites is 5. The van der Waals surface area contributed by atoms with Crippen LogP contribution in [0.25, 0.3) is 22.3 Å². The average Bonchev–Trinajstić information content (AvgIpc) is 0.941. The van der Waals surface area contributed by atoms with Crippen LogP contribution in [0, 0.1) is 0 Å². The van der Waals surface area contributed by atoms with Gasteiger partial charge in [-0.3, -0.25) is 0 Å². The maximum atomic E-state index is 7.30. The zero-order valence-corrected chi connectivity index (χ0v) is 57.6. The molecule has 2 aliphatic carbocycles. The third kappa shape index (κ3) is 8.70. The van der Waals surface area contributed by atoms with Gasteiger partial charge in [-0.05, 0) is 178 Å². The molecule has 0 fully saturated rings. The summed E-state index contributed by atoms with van der Waals surface area (Å²) in [6, 6.07) is 140. The van der Waals surface area contributed by atoms with Crippen LogP contribution in [0.1, 0.15) is 44.5 Å². The lowest BCUT2D eigenvalue weighted by atomic mass is 9.30. The van der Waals surface area contributed by atoms with E-state index < -0.39 is 10.8 Å². The fraction of sp³-hybridized carbons (Fsp3) is 0.0204. The number of ether oxygens (including phenoxy) is 3. The molecule has 0 atom stereocenters. The summed E-state index contributed by atoms with van der Waals surface area (Å²) in [5, 5.41) is 0. The second-order valence-corrected chi connectivity index (χ2v) is 28.5. The first-order chi connectivity index (χ1) is 52.6. The van der Waals surface area contributed by atoms with E-state index in [0.29, 0.717) is 5.75 Å². The normalized spacial score (nSPS) is 14.2. The van der Waals surface area contributed by atoms with Crippen molar-refractivity contribution in [2.45, 2.75) is 10.8 Å². The summed E-state index contributed by atoms with van der Waals surface area (Å²) >= 11 is 0. The minimum atomic E-state index is -0.618. The highest BCUT2D eigenvalue weighted by Crippen LogP contribution is 2.61. The minimum Gasteiger partial charge on any atom is -0.458 e. The van der Waals surface area contributed by atoms with Crippen molar-refractivity contribution in [3.63, 3.8) is 0 Å². The smallest absolute Gasteiger partial charge is 0.256 e. The van der Waals surface area contributed by atoms with Crippen LogP contribution in [-0.4, -0.2) is 13.4 Å². The quantitative estimate of drug-likeness (QED) is 0.120. The number of fused-ring (bicyclic) bond motifs is 14. The van der Waals surface area contributed by atoms with E-state index in [0.717, 1.165) is 90.9 Å². The fourth-order valence-corrected chi connectivity index (χ4v) is 19.0. The van der Waals surface area contributed by atoms with Gasteiger partial charge in [0, 0.05) is 75.5 Å². The molecule has 4 heterocycles. The first-order valence-corrected chi connectivity index (χ1v) is 36.6. The van der Waals surface area contributed by atoms with E-state index in [4.69, 9.17) is 14.2 Å². The van der Waals surface area contributed by atoms with Crippen LogP contribution in [-0.2, 0) is 10.8 Å². The van der Waals surface area contributed by atoms with Crippen LogP contribution in [0.15, 0.2) is 382 Å². The average molecular weight is 1350 g/mol. The summed E-state index contributed by atoms with van der Waals surface area (Å²) in [4.78, 5) is 7.56. The second kappa shape index (κ2) is 23.5. The van der Waals surface area contributed by atoms with Crippen molar-refractivity contribution in [1.29, 1.82) is 0 Å². The highest BCUT2D eigenvalue weighted by Gasteiger charge is 2.52. The second-order valence-electron chi connectivity index (χ2n) is 28.5. The standard InChI is InChI=1S/C98H63B2N3O3/c1-8-30-64(31-9-1)97(65-32-10-2-11-33-65)79-46-24-22-44-75(79)77-56-69(52-54-81(77)97)102-88-63-89-86(62-85(88)99-83-48-26-28-50-87(83)101(68-38-16-5-17-39-68)90-58-73(59-91(102)95(90)99)104-71-40-18-6-19-41-71)100-84-49-27-29-51-93(84)106-94-61-74(105-72-42-20-7-21-43-72)60-92(96(94)100)103(89)70-53-55-82-78(57-70)76-45-23-25-47-80(76)98(82,66-34-12-3-13-35-66)67-36-14-4-15-37-67/h1-63H. The van der Waals surface area contributed by atoms with E-state index >= 15 is 0 Å². The molecule has 0 aromatic heterocycles. The maximum Gasteiger partial charge on any atom is 0.256 e. The molecule has 16 aromatic rings. The van der Waals surface area contributed by atoms with Gasteiger partial charge < -0.3 is 28.9 Å². The Balaban J connectivity index is 0.857. The first kappa shape index (κ1) is 60.1.